The molecule has 1 aliphatic heterocycles. The number of carbonyl (C=O) groups excluding carboxylic acids is 1. The number of benzene rings is 1. The van der Waals surface area contributed by atoms with Crippen molar-refractivity contribution in [2.24, 2.45) is 5.92 Å². The van der Waals surface area contributed by atoms with Gasteiger partial charge in [0.05, 0.1) is 12.1 Å². The molecular formula is C15H15NO2. The molecule has 3 nitrogen and oxygen atoms in total. The largest absolute Gasteiger partial charge is 0.381 e. The first-order valence-electron chi connectivity index (χ1n) is 6.27. The number of carbonyl (C=O) groups is 1. The molecule has 3 heteroatoms. The molecule has 0 spiro atoms. The highest BCUT2D eigenvalue weighted by Gasteiger charge is 2.23. The van der Waals surface area contributed by atoms with Gasteiger partial charge in [-0.2, -0.15) is 0 Å². The van der Waals surface area contributed by atoms with Crippen LogP contribution in [0.4, 0.5) is 0 Å². The maximum Gasteiger partial charge on any atom is 0.142 e. The Morgan fingerprint density at radius 2 is 2.22 bits per heavy atom. The molecule has 0 radical (unpaired) electrons. The number of ether oxygens (including phenoxy) is 1. The predicted octanol–water partition coefficient (Wildman–Crippen LogP) is 2.38. The molecule has 1 fully saturated rings. The molecule has 0 saturated carbocycles. The third-order valence-electron chi connectivity index (χ3n) is 3.49. The van der Waals surface area contributed by atoms with Gasteiger partial charge >= 0.3 is 0 Å². The molecule has 1 aromatic heterocycles. The summed E-state index contributed by atoms with van der Waals surface area (Å²) in [7, 11) is 0. The molecule has 0 N–H and O–H groups in total. The van der Waals surface area contributed by atoms with Gasteiger partial charge in [0.2, 0.25) is 0 Å². The van der Waals surface area contributed by atoms with E-state index in [1.54, 1.807) is 6.20 Å². The van der Waals surface area contributed by atoms with Gasteiger partial charge in [0.25, 0.3) is 0 Å². The summed E-state index contributed by atoms with van der Waals surface area (Å²) >= 11 is 0. The fraction of sp³-hybridized carbons (Fsp3) is 0.333. The Labute approximate surface area is 106 Å². The van der Waals surface area contributed by atoms with Gasteiger partial charge in [-0.3, -0.25) is 9.78 Å². The van der Waals surface area contributed by atoms with E-state index in [9.17, 15) is 4.79 Å². The van der Waals surface area contributed by atoms with Crippen molar-refractivity contribution >= 4 is 16.7 Å². The van der Waals surface area contributed by atoms with Gasteiger partial charge in [-0.1, -0.05) is 18.2 Å². The first-order chi connectivity index (χ1) is 8.84. The van der Waals surface area contributed by atoms with Crippen LogP contribution in [0.15, 0.2) is 36.5 Å². The zero-order valence-corrected chi connectivity index (χ0v) is 10.1. The van der Waals surface area contributed by atoms with Crippen molar-refractivity contribution < 1.29 is 9.53 Å². The van der Waals surface area contributed by atoms with Crippen LogP contribution in [0.25, 0.3) is 10.9 Å². The molecular weight excluding hydrogens is 226 g/mol. The van der Waals surface area contributed by atoms with Crippen molar-refractivity contribution in [2.75, 3.05) is 13.2 Å². The molecule has 0 bridgehead atoms. The van der Waals surface area contributed by atoms with Crippen molar-refractivity contribution in [3.05, 3.63) is 42.1 Å². The van der Waals surface area contributed by atoms with Gasteiger partial charge in [-0.25, -0.2) is 0 Å². The van der Waals surface area contributed by atoms with Crippen LogP contribution in [-0.2, 0) is 16.0 Å². The number of hydrogen-bond donors (Lipinski definition) is 0. The Bertz CT molecular complexity index is 568. The molecule has 92 valence electrons. The van der Waals surface area contributed by atoms with Crippen LogP contribution in [0.5, 0.6) is 0 Å². The number of rotatable bonds is 3. The van der Waals surface area contributed by atoms with Crippen molar-refractivity contribution in [2.45, 2.75) is 12.8 Å². The lowest BCUT2D eigenvalue weighted by atomic mass is 9.96. The van der Waals surface area contributed by atoms with Crippen LogP contribution in [0.1, 0.15) is 12.0 Å². The summed E-state index contributed by atoms with van der Waals surface area (Å²) in [4.78, 5) is 16.5. The third-order valence-corrected chi connectivity index (χ3v) is 3.49. The first-order valence-corrected chi connectivity index (χ1v) is 6.27. The summed E-state index contributed by atoms with van der Waals surface area (Å²) in [5, 5.41) is 1.08. The number of hydrogen-bond acceptors (Lipinski definition) is 3. The molecule has 1 aromatic carbocycles. The van der Waals surface area contributed by atoms with E-state index < -0.39 is 0 Å². The second kappa shape index (κ2) is 4.86. The number of Topliss-reactive ketones (excluding diaryl/α,β-unsaturated/α-hetero) is 1. The van der Waals surface area contributed by atoms with Gasteiger partial charge < -0.3 is 4.74 Å². The summed E-state index contributed by atoms with van der Waals surface area (Å²) < 4.78 is 5.27. The van der Waals surface area contributed by atoms with E-state index in [0.717, 1.165) is 22.9 Å². The van der Waals surface area contributed by atoms with Crippen molar-refractivity contribution in [1.29, 1.82) is 0 Å². The number of para-hydroxylation sites is 1. The highest BCUT2D eigenvalue weighted by molar-refractivity contribution is 5.90. The van der Waals surface area contributed by atoms with E-state index in [1.807, 2.05) is 30.3 Å². The average Bonchev–Trinajstić information content (AvgIpc) is 2.93. The molecule has 2 aromatic rings. The minimum Gasteiger partial charge on any atom is -0.381 e. The van der Waals surface area contributed by atoms with E-state index in [4.69, 9.17) is 4.74 Å². The topological polar surface area (TPSA) is 39.2 Å². The van der Waals surface area contributed by atoms with Crippen LogP contribution >= 0.6 is 0 Å². The van der Waals surface area contributed by atoms with Crippen molar-refractivity contribution in [3.63, 3.8) is 0 Å². The van der Waals surface area contributed by atoms with Crippen molar-refractivity contribution in [1.82, 2.24) is 4.98 Å². The fourth-order valence-corrected chi connectivity index (χ4v) is 2.43. The smallest absolute Gasteiger partial charge is 0.142 e. The van der Waals surface area contributed by atoms with E-state index in [0.29, 0.717) is 19.6 Å². The highest BCUT2D eigenvalue weighted by atomic mass is 16.5. The normalized spacial score (nSPS) is 19.2. The average molecular weight is 241 g/mol. The van der Waals surface area contributed by atoms with Crippen molar-refractivity contribution in [3.8, 4) is 0 Å². The standard InChI is InChI=1S/C15H15NO2/c17-15(12-6-8-18-10-12)9-11-5-7-16-14-4-2-1-3-13(11)14/h1-5,7,12H,6,8-10H2. The summed E-state index contributed by atoms with van der Waals surface area (Å²) in [6, 6.07) is 9.89. The minimum absolute atomic E-state index is 0.0805. The summed E-state index contributed by atoms with van der Waals surface area (Å²) in [5.74, 6) is 0.362. The monoisotopic (exact) mass is 241 g/mol. The number of ketones is 1. The summed E-state index contributed by atoms with van der Waals surface area (Å²) in [5.41, 5.74) is 2.02. The molecule has 2 heterocycles. The second-order valence-corrected chi connectivity index (χ2v) is 4.69. The second-order valence-electron chi connectivity index (χ2n) is 4.69. The molecule has 18 heavy (non-hydrogen) atoms. The molecule has 1 unspecified atom stereocenters. The van der Waals surface area contributed by atoms with Gasteiger partial charge in [0, 0.05) is 30.5 Å². The van der Waals surface area contributed by atoms with E-state index >= 15 is 0 Å². The van der Waals surface area contributed by atoms with Gasteiger partial charge in [0.1, 0.15) is 5.78 Å². The molecule has 0 aliphatic carbocycles. The number of fused-ring (bicyclic) bond motifs is 1. The Balaban J connectivity index is 1.88. The minimum atomic E-state index is 0.0805. The third kappa shape index (κ3) is 2.14. The molecule has 3 rings (SSSR count). The quantitative estimate of drug-likeness (QED) is 0.828. The Kier molecular flexibility index (Phi) is 3.07. The Morgan fingerprint density at radius 1 is 1.33 bits per heavy atom. The van der Waals surface area contributed by atoms with Crippen LogP contribution in [-0.4, -0.2) is 24.0 Å². The maximum absolute atomic E-state index is 12.2. The Morgan fingerprint density at radius 3 is 3.06 bits per heavy atom. The first kappa shape index (κ1) is 11.4. The summed E-state index contributed by atoms with van der Waals surface area (Å²) in [6.45, 7) is 1.30. The highest BCUT2D eigenvalue weighted by Crippen LogP contribution is 2.20. The van der Waals surface area contributed by atoms with Crippen LogP contribution in [0, 0.1) is 5.92 Å². The zero-order chi connectivity index (χ0) is 12.4. The van der Waals surface area contributed by atoms with Crippen LogP contribution in [0.2, 0.25) is 0 Å². The Hall–Kier alpha value is -1.74. The lowest BCUT2D eigenvalue weighted by Gasteiger charge is -2.08. The summed E-state index contributed by atoms with van der Waals surface area (Å²) in [6.07, 6.45) is 3.12. The molecule has 1 atom stereocenters. The van der Waals surface area contributed by atoms with Gasteiger partial charge in [-0.15, -0.1) is 0 Å². The van der Waals surface area contributed by atoms with Gasteiger partial charge in [-0.05, 0) is 24.1 Å². The lowest BCUT2D eigenvalue weighted by molar-refractivity contribution is -0.122. The molecule has 1 saturated heterocycles. The maximum atomic E-state index is 12.2. The van der Waals surface area contributed by atoms with Crippen LogP contribution in [0.3, 0.4) is 0 Å². The van der Waals surface area contributed by atoms with Gasteiger partial charge in [0.15, 0.2) is 0 Å². The number of nitrogens with zero attached hydrogens (tertiary/aromatic N) is 1. The van der Waals surface area contributed by atoms with E-state index in [-0.39, 0.29) is 11.7 Å². The molecule has 0 amide bonds. The zero-order valence-electron chi connectivity index (χ0n) is 10.1. The predicted molar refractivity (Wildman–Crippen MR) is 69.4 cm³/mol. The van der Waals surface area contributed by atoms with E-state index in [2.05, 4.69) is 4.98 Å². The molecule has 1 aliphatic rings. The fourth-order valence-electron chi connectivity index (χ4n) is 2.43. The van der Waals surface area contributed by atoms with E-state index in [1.165, 1.54) is 0 Å². The SMILES string of the molecule is O=C(Cc1ccnc2ccccc12)C1CCOC1. The van der Waals surface area contributed by atoms with Crippen LogP contribution < -0.4 is 0 Å². The number of aromatic nitrogens is 1. The lowest BCUT2D eigenvalue weighted by Crippen LogP contribution is -2.16. The number of pyridine rings is 1.